The van der Waals surface area contributed by atoms with Crippen LogP contribution in [0.2, 0.25) is 0 Å². The van der Waals surface area contributed by atoms with Gasteiger partial charge in [-0.2, -0.15) is 0 Å². The molecule has 1 aliphatic heterocycles. The highest BCUT2D eigenvalue weighted by Crippen LogP contribution is 2.44. The highest BCUT2D eigenvalue weighted by Gasteiger charge is 2.38. The molecule has 0 bridgehead atoms. The largest absolute Gasteiger partial charge is 0.493 e. The maximum absolute atomic E-state index is 9.88. The van der Waals surface area contributed by atoms with Crippen LogP contribution in [0, 0.1) is 5.92 Å². The molecule has 1 aliphatic rings. The van der Waals surface area contributed by atoms with Crippen molar-refractivity contribution in [1.82, 2.24) is 0 Å². The third kappa shape index (κ3) is 2.77. The van der Waals surface area contributed by atoms with Crippen molar-refractivity contribution in [2.75, 3.05) is 6.61 Å². The van der Waals surface area contributed by atoms with Gasteiger partial charge in [-0.3, -0.25) is 0 Å². The van der Waals surface area contributed by atoms with E-state index in [-0.39, 0.29) is 18.1 Å². The van der Waals surface area contributed by atoms with Crippen LogP contribution in [0.15, 0.2) is 18.2 Å². The Morgan fingerprint density at radius 1 is 1.42 bits per heavy atom. The van der Waals surface area contributed by atoms with E-state index >= 15 is 0 Å². The minimum Gasteiger partial charge on any atom is -0.493 e. The summed E-state index contributed by atoms with van der Waals surface area (Å²) in [5.41, 5.74) is 2.03. The number of hydrogen-bond donors (Lipinski definition) is 2. The number of benzene rings is 1. The highest BCUT2D eigenvalue weighted by atomic mass is 16.5. The van der Waals surface area contributed by atoms with Gasteiger partial charge in [-0.05, 0) is 29.9 Å². The maximum Gasteiger partial charge on any atom is 0.123 e. The monoisotopic (exact) mass is 264 g/mol. The van der Waals surface area contributed by atoms with Gasteiger partial charge in [0.05, 0.1) is 19.3 Å². The second kappa shape index (κ2) is 5.51. The van der Waals surface area contributed by atoms with Crippen molar-refractivity contribution < 1.29 is 14.9 Å². The average Bonchev–Trinajstić information content (AvgIpc) is 2.41. The normalized spacial score (nSPS) is 22.5. The number of rotatable bonds is 4. The second-order valence-electron chi connectivity index (χ2n) is 6.02. The Kier molecular flexibility index (Phi) is 4.16. The van der Waals surface area contributed by atoms with Gasteiger partial charge < -0.3 is 14.9 Å². The molecule has 1 heterocycles. The molecule has 0 fully saturated rings. The standard InChI is InChI=1S/C16H24O3/c1-4-13(18)8-12-10-19-15-7-11(9-17)5-6-14(15)16(12,2)3/h5-7,12-13,17-18H,4,8-10H2,1-3H3. The molecule has 3 heteroatoms. The lowest BCUT2D eigenvalue weighted by Gasteiger charge is -2.41. The first kappa shape index (κ1) is 14.4. The fraction of sp³-hybridized carbons (Fsp3) is 0.625. The molecule has 3 nitrogen and oxygen atoms in total. The van der Waals surface area contributed by atoms with Gasteiger partial charge in [0, 0.05) is 11.5 Å². The van der Waals surface area contributed by atoms with Crippen molar-refractivity contribution >= 4 is 0 Å². The summed E-state index contributed by atoms with van der Waals surface area (Å²) < 4.78 is 5.84. The molecule has 2 unspecified atom stereocenters. The molecule has 0 amide bonds. The fourth-order valence-electron chi connectivity index (χ4n) is 2.79. The first-order chi connectivity index (χ1) is 8.98. The lowest BCUT2D eigenvalue weighted by Crippen LogP contribution is -2.39. The molecule has 0 saturated heterocycles. The summed E-state index contributed by atoms with van der Waals surface area (Å²) in [4.78, 5) is 0. The second-order valence-corrected chi connectivity index (χ2v) is 6.02. The molecule has 0 aromatic heterocycles. The summed E-state index contributed by atoms with van der Waals surface area (Å²) in [6.07, 6.45) is 1.29. The Morgan fingerprint density at radius 2 is 2.16 bits per heavy atom. The van der Waals surface area contributed by atoms with Gasteiger partial charge in [-0.1, -0.05) is 32.9 Å². The Labute approximate surface area is 115 Å². The molecule has 1 aromatic carbocycles. The Bertz CT molecular complexity index is 440. The first-order valence-electron chi connectivity index (χ1n) is 7.04. The molecule has 2 rings (SSSR count). The molecule has 2 N–H and O–H groups in total. The molecular weight excluding hydrogens is 240 g/mol. The van der Waals surface area contributed by atoms with Gasteiger partial charge in [-0.15, -0.1) is 0 Å². The molecule has 106 valence electrons. The maximum atomic E-state index is 9.88. The van der Waals surface area contributed by atoms with Crippen LogP contribution < -0.4 is 4.74 Å². The van der Waals surface area contributed by atoms with Crippen LogP contribution in [0.5, 0.6) is 5.75 Å². The zero-order valence-corrected chi connectivity index (χ0v) is 12.0. The molecule has 2 atom stereocenters. The summed E-state index contributed by atoms with van der Waals surface area (Å²) >= 11 is 0. The van der Waals surface area contributed by atoms with Crippen LogP contribution in [0.1, 0.15) is 44.7 Å². The predicted molar refractivity (Wildman–Crippen MR) is 75.3 cm³/mol. The number of ether oxygens (including phenoxy) is 1. The van der Waals surface area contributed by atoms with Crippen LogP contribution in [0.4, 0.5) is 0 Å². The quantitative estimate of drug-likeness (QED) is 0.879. The predicted octanol–water partition coefficient (Wildman–Crippen LogP) is 2.63. The fourth-order valence-corrected chi connectivity index (χ4v) is 2.79. The lowest BCUT2D eigenvalue weighted by atomic mass is 9.69. The SMILES string of the molecule is CCC(O)CC1COc2cc(CO)ccc2C1(C)C. The third-order valence-electron chi connectivity index (χ3n) is 4.41. The molecule has 19 heavy (non-hydrogen) atoms. The van der Waals surface area contributed by atoms with Crippen molar-refractivity contribution in [3.8, 4) is 5.75 Å². The van der Waals surface area contributed by atoms with Gasteiger partial charge >= 0.3 is 0 Å². The zero-order chi connectivity index (χ0) is 14.0. The van der Waals surface area contributed by atoms with Gasteiger partial charge in [0.25, 0.3) is 0 Å². The molecular formula is C16H24O3. The Hall–Kier alpha value is -1.06. The van der Waals surface area contributed by atoms with E-state index in [9.17, 15) is 10.2 Å². The highest BCUT2D eigenvalue weighted by molar-refractivity contribution is 5.44. The summed E-state index contributed by atoms with van der Waals surface area (Å²) in [7, 11) is 0. The van der Waals surface area contributed by atoms with E-state index in [0.717, 1.165) is 24.2 Å². The van der Waals surface area contributed by atoms with E-state index in [0.29, 0.717) is 12.5 Å². The van der Waals surface area contributed by atoms with E-state index in [1.165, 1.54) is 5.56 Å². The molecule has 0 radical (unpaired) electrons. The van der Waals surface area contributed by atoms with E-state index in [2.05, 4.69) is 13.8 Å². The summed E-state index contributed by atoms with van der Waals surface area (Å²) in [6, 6.07) is 5.91. The summed E-state index contributed by atoms with van der Waals surface area (Å²) in [6.45, 7) is 7.09. The van der Waals surface area contributed by atoms with Gasteiger partial charge in [0.2, 0.25) is 0 Å². The van der Waals surface area contributed by atoms with Crippen molar-refractivity contribution in [3.05, 3.63) is 29.3 Å². The zero-order valence-electron chi connectivity index (χ0n) is 12.0. The van der Waals surface area contributed by atoms with Crippen LogP contribution in [-0.4, -0.2) is 22.9 Å². The van der Waals surface area contributed by atoms with Crippen LogP contribution >= 0.6 is 0 Å². The van der Waals surface area contributed by atoms with Crippen LogP contribution in [-0.2, 0) is 12.0 Å². The van der Waals surface area contributed by atoms with E-state index < -0.39 is 0 Å². The van der Waals surface area contributed by atoms with Gasteiger partial charge in [0.1, 0.15) is 5.75 Å². The van der Waals surface area contributed by atoms with Gasteiger partial charge in [0.15, 0.2) is 0 Å². The summed E-state index contributed by atoms with van der Waals surface area (Å²) in [5.74, 6) is 1.19. The Balaban J connectivity index is 2.27. The van der Waals surface area contributed by atoms with Gasteiger partial charge in [-0.25, -0.2) is 0 Å². The van der Waals surface area contributed by atoms with E-state index in [4.69, 9.17) is 4.74 Å². The average molecular weight is 264 g/mol. The topological polar surface area (TPSA) is 49.7 Å². The summed E-state index contributed by atoms with van der Waals surface area (Å²) in [5, 5.41) is 19.1. The number of fused-ring (bicyclic) bond motifs is 1. The number of aliphatic hydroxyl groups excluding tert-OH is 2. The van der Waals surface area contributed by atoms with Crippen LogP contribution in [0.3, 0.4) is 0 Å². The smallest absolute Gasteiger partial charge is 0.123 e. The number of hydrogen-bond acceptors (Lipinski definition) is 3. The molecule has 0 aliphatic carbocycles. The lowest BCUT2D eigenvalue weighted by molar-refractivity contribution is 0.0745. The van der Waals surface area contributed by atoms with Crippen molar-refractivity contribution in [2.45, 2.75) is 51.7 Å². The van der Waals surface area contributed by atoms with Crippen molar-refractivity contribution in [2.24, 2.45) is 5.92 Å². The van der Waals surface area contributed by atoms with E-state index in [1.807, 2.05) is 25.1 Å². The van der Waals surface area contributed by atoms with Crippen molar-refractivity contribution in [1.29, 1.82) is 0 Å². The van der Waals surface area contributed by atoms with Crippen molar-refractivity contribution in [3.63, 3.8) is 0 Å². The molecule has 0 spiro atoms. The van der Waals surface area contributed by atoms with Crippen LogP contribution in [0.25, 0.3) is 0 Å². The molecule has 1 aromatic rings. The van der Waals surface area contributed by atoms with E-state index in [1.54, 1.807) is 0 Å². The molecule has 0 saturated carbocycles. The number of aliphatic hydroxyl groups is 2. The minimum absolute atomic E-state index is 0.0162. The Morgan fingerprint density at radius 3 is 2.79 bits per heavy atom. The first-order valence-corrected chi connectivity index (χ1v) is 7.04. The third-order valence-corrected chi connectivity index (χ3v) is 4.41. The minimum atomic E-state index is -0.258.